The lowest BCUT2D eigenvalue weighted by molar-refractivity contribution is 0.0664. The summed E-state index contributed by atoms with van der Waals surface area (Å²) in [5.41, 5.74) is 0.875. The van der Waals surface area contributed by atoms with Gasteiger partial charge < -0.3 is 14.7 Å². The summed E-state index contributed by atoms with van der Waals surface area (Å²) in [6, 6.07) is 3.30. The zero-order valence-electron chi connectivity index (χ0n) is 14.3. The number of nitrogens with zero attached hydrogens (tertiary/aromatic N) is 4. The summed E-state index contributed by atoms with van der Waals surface area (Å²) in [7, 11) is 3.83. The fraction of sp³-hybridized carbons (Fsp3) is 0.588. The first-order chi connectivity index (χ1) is 11.0. The molecule has 126 valence electrons. The number of rotatable bonds is 5. The smallest absolute Gasteiger partial charge is 0.272 e. The van der Waals surface area contributed by atoms with E-state index in [4.69, 9.17) is 0 Å². The first kappa shape index (κ1) is 17.4. The highest BCUT2D eigenvalue weighted by Crippen LogP contribution is 2.10. The maximum atomic E-state index is 12.6. The van der Waals surface area contributed by atoms with Crippen molar-refractivity contribution < 1.29 is 9.59 Å². The third kappa shape index (κ3) is 4.51. The van der Waals surface area contributed by atoms with Gasteiger partial charge in [-0.25, -0.2) is 0 Å². The minimum Gasteiger partial charge on any atom is -0.340 e. The molecule has 0 aliphatic carbocycles. The van der Waals surface area contributed by atoms with Crippen LogP contribution in [-0.2, 0) is 0 Å². The average Bonchev–Trinajstić information content (AvgIpc) is 2.59. The van der Waals surface area contributed by atoms with Crippen LogP contribution in [0, 0.1) is 0 Å². The van der Waals surface area contributed by atoms with Crippen LogP contribution in [0.2, 0.25) is 0 Å². The summed E-state index contributed by atoms with van der Waals surface area (Å²) >= 11 is 0. The molecule has 0 radical (unpaired) electrons. The summed E-state index contributed by atoms with van der Waals surface area (Å²) in [4.78, 5) is 34.8. The molecule has 0 saturated carbocycles. The van der Waals surface area contributed by atoms with Gasteiger partial charge in [-0.05, 0) is 25.6 Å². The van der Waals surface area contributed by atoms with Gasteiger partial charge in [-0.15, -0.1) is 0 Å². The Balaban J connectivity index is 2.07. The lowest BCUT2D eigenvalue weighted by Crippen LogP contribution is -2.47. The molecular formula is C17H26N4O2. The van der Waals surface area contributed by atoms with Crippen LogP contribution >= 0.6 is 0 Å². The first-order valence-corrected chi connectivity index (χ1v) is 8.22. The number of piperazine rings is 1. The molecule has 0 unspecified atom stereocenters. The summed E-state index contributed by atoms with van der Waals surface area (Å²) in [6.07, 6.45) is 3.54. The molecule has 2 rings (SSSR count). The monoisotopic (exact) mass is 318 g/mol. The van der Waals surface area contributed by atoms with Crippen molar-refractivity contribution in [3.8, 4) is 0 Å². The molecule has 2 amide bonds. The molecule has 0 spiro atoms. The number of hydrogen-bond acceptors (Lipinski definition) is 4. The van der Waals surface area contributed by atoms with Gasteiger partial charge in [0.1, 0.15) is 5.69 Å². The van der Waals surface area contributed by atoms with E-state index in [1.54, 1.807) is 30.3 Å². The summed E-state index contributed by atoms with van der Waals surface area (Å²) < 4.78 is 0. The van der Waals surface area contributed by atoms with Crippen LogP contribution in [-0.4, -0.2) is 78.3 Å². The highest BCUT2D eigenvalue weighted by molar-refractivity contribution is 5.98. The molecule has 1 aliphatic rings. The maximum absolute atomic E-state index is 12.6. The summed E-state index contributed by atoms with van der Waals surface area (Å²) in [5, 5.41) is 0. The van der Waals surface area contributed by atoms with Gasteiger partial charge in [0.25, 0.3) is 11.8 Å². The van der Waals surface area contributed by atoms with Crippen LogP contribution in [0.3, 0.4) is 0 Å². The molecule has 0 bridgehead atoms. The molecule has 1 saturated heterocycles. The van der Waals surface area contributed by atoms with Gasteiger partial charge in [0.15, 0.2) is 0 Å². The molecule has 23 heavy (non-hydrogen) atoms. The Morgan fingerprint density at radius 2 is 1.96 bits per heavy atom. The molecule has 1 aromatic heterocycles. The van der Waals surface area contributed by atoms with Crippen molar-refractivity contribution >= 4 is 11.8 Å². The van der Waals surface area contributed by atoms with Crippen LogP contribution in [0.5, 0.6) is 0 Å². The largest absolute Gasteiger partial charge is 0.340 e. The van der Waals surface area contributed by atoms with Crippen molar-refractivity contribution in [2.45, 2.75) is 19.8 Å². The van der Waals surface area contributed by atoms with Gasteiger partial charge in [-0.1, -0.05) is 13.3 Å². The predicted octanol–water partition coefficient (Wildman–Crippen LogP) is 1.34. The van der Waals surface area contributed by atoms with Crippen molar-refractivity contribution in [3.05, 3.63) is 29.6 Å². The minimum absolute atomic E-state index is 0.0224. The number of unbranched alkanes of at least 4 members (excludes halogenated alkanes) is 1. The number of hydrogen-bond donors (Lipinski definition) is 0. The van der Waals surface area contributed by atoms with E-state index in [2.05, 4.69) is 23.9 Å². The highest BCUT2D eigenvalue weighted by atomic mass is 16.2. The second-order valence-electron chi connectivity index (χ2n) is 6.11. The van der Waals surface area contributed by atoms with Crippen molar-refractivity contribution in [1.29, 1.82) is 0 Å². The lowest BCUT2D eigenvalue weighted by atomic mass is 10.1. The van der Waals surface area contributed by atoms with Gasteiger partial charge in [-0.3, -0.25) is 14.6 Å². The van der Waals surface area contributed by atoms with E-state index < -0.39 is 0 Å². The Morgan fingerprint density at radius 3 is 2.61 bits per heavy atom. The zero-order chi connectivity index (χ0) is 16.8. The van der Waals surface area contributed by atoms with Crippen molar-refractivity contribution in [2.75, 3.05) is 46.8 Å². The number of carbonyl (C=O) groups is 2. The first-order valence-electron chi connectivity index (χ1n) is 8.22. The number of carbonyl (C=O) groups excluding carboxylic acids is 2. The molecule has 6 nitrogen and oxygen atoms in total. The topological polar surface area (TPSA) is 56.8 Å². The van der Waals surface area contributed by atoms with E-state index in [0.29, 0.717) is 17.8 Å². The summed E-state index contributed by atoms with van der Waals surface area (Å²) in [6.45, 7) is 5.99. The van der Waals surface area contributed by atoms with Gasteiger partial charge in [0, 0.05) is 51.5 Å². The number of amides is 2. The zero-order valence-corrected chi connectivity index (χ0v) is 14.3. The molecule has 1 aliphatic heterocycles. The Kier molecular flexibility index (Phi) is 6.10. The second kappa shape index (κ2) is 8.06. The second-order valence-corrected chi connectivity index (χ2v) is 6.11. The van der Waals surface area contributed by atoms with Crippen molar-refractivity contribution in [3.63, 3.8) is 0 Å². The quantitative estimate of drug-likeness (QED) is 0.822. The Morgan fingerprint density at radius 1 is 1.26 bits per heavy atom. The van der Waals surface area contributed by atoms with E-state index in [9.17, 15) is 9.59 Å². The van der Waals surface area contributed by atoms with Gasteiger partial charge >= 0.3 is 0 Å². The third-order valence-electron chi connectivity index (χ3n) is 4.21. The fourth-order valence-corrected chi connectivity index (χ4v) is 2.57. The van der Waals surface area contributed by atoms with Gasteiger partial charge in [0.2, 0.25) is 0 Å². The van der Waals surface area contributed by atoms with Crippen molar-refractivity contribution in [1.82, 2.24) is 19.7 Å². The minimum atomic E-state index is -0.133. The van der Waals surface area contributed by atoms with E-state index in [1.165, 1.54) is 0 Å². The number of likely N-dealkylation sites (N-methyl/N-ethyl adjacent to an activating group) is 1. The van der Waals surface area contributed by atoms with Crippen LogP contribution in [0.1, 0.15) is 40.6 Å². The van der Waals surface area contributed by atoms with Crippen LogP contribution in [0.15, 0.2) is 18.3 Å². The molecule has 2 heterocycles. The van der Waals surface area contributed by atoms with E-state index >= 15 is 0 Å². The Labute approximate surface area is 138 Å². The van der Waals surface area contributed by atoms with Crippen LogP contribution < -0.4 is 0 Å². The molecule has 6 heteroatoms. The predicted molar refractivity (Wildman–Crippen MR) is 89.5 cm³/mol. The third-order valence-corrected chi connectivity index (χ3v) is 4.21. The normalized spacial score (nSPS) is 15.5. The molecule has 1 fully saturated rings. The summed E-state index contributed by atoms with van der Waals surface area (Å²) in [5.74, 6) is -0.155. The molecule has 0 aromatic carbocycles. The van der Waals surface area contributed by atoms with Crippen LogP contribution in [0.25, 0.3) is 0 Å². The molecular weight excluding hydrogens is 292 g/mol. The molecule has 0 N–H and O–H groups in total. The SMILES string of the molecule is CCCCN(C)C(=O)c1cc(C(=O)N2CCN(C)CC2)ccn1. The van der Waals surface area contributed by atoms with Crippen molar-refractivity contribution in [2.24, 2.45) is 0 Å². The molecule has 1 aromatic rings. The van der Waals surface area contributed by atoms with Gasteiger partial charge in [0.05, 0.1) is 0 Å². The van der Waals surface area contributed by atoms with Crippen LogP contribution in [0.4, 0.5) is 0 Å². The molecule has 0 atom stereocenters. The maximum Gasteiger partial charge on any atom is 0.272 e. The lowest BCUT2D eigenvalue weighted by Gasteiger charge is -2.32. The number of aromatic nitrogens is 1. The Bertz CT molecular complexity index is 553. The van der Waals surface area contributed by atoms with E-state index in [1.807, 2.05) is 4.90 Å². The highest BCUT2D eigenvalue weighted by Gasteiger charge is 2.22. The standard InChI is InChI=1S/C17H26N4O2/c1-4-5-8-20(3)17(23)15-13-14(6-7-18-15)16(22)21-11-9-19(2)10-12-21/h6-7,13H,4-5,8-12H2,1-3H3. The van der Waals surface area contributed by atoms with Gasteiger partial charge in [-0.2, -0.15) is 0 Å². The average molecular weight is 318 g/mol. The number of pyridine rings is 1. The Hall–Kier alpha value is -1.95. The van der Waals surface area contributed by atoms with E-state index in [-0.39, 0.29) is 11.8 Å². The fourth-order valence-electron chi connectivity index (χ4n) is 2.57. The van der Waals surface area contributed by atoms with E-state index in [0.717, 1.165) is 39.0 Å².